The molecule has 2 atom stereocenters. The highest BCUT2D eigenvalue weighted by Crippen LogP contribution is 2.42. The van der Waals surface area contributed by atoms with E-state index < -0.39 is 16.1 Å². The van der Waals surface area contributed by atoms with Gasteiger partial charge >= 0.3 is 5.97 Å². The number of esters is 1. The van der Waals surface area contributed by atoms with Crippen LogP contribution in [0.5, 0.6) is 0 Å². The summed E-state index contributed by atoms with van der Waals surface area (Å²) in [5.41, 5.74) is 8.12. The van der Waals surface area contributed by atoms with Crippen molar-refractivity contribution in [1.29, 1.82) is 0 Å². The molecule has 86 heavy (non-hydrogen) atoms. The fourth-order valence-corrected chi connectivity index (χ4v) is 13.7. The number of benzene rings is 5. The molecule has 2 unspecified atom stereocenters. The van der Waals surface area contributed by atoms with E-state index in [0.29, 0.717) is 91.9 Å². The van der Waals surface area contributed by atoms with Crippen LogP contribution in [0.25, 0.3) is 44.1 Å². The van der Waals surface area contributed by atoms with E-state index in [9.17, 15) is 18.3 Å². The van der Waals surface area contributed by atoms with Gasteiger partial charge in [-0.3, -0.25) is 14.5 Å². The van der Waals surface area contributed by atoms with Crippen LogP contribution in [0, 0.1) is 0 Å². The van der Waals surface area contributed by atoms with Crippen LogP contribution in [0.3, 0.4) is 0 Å². The average molecular weight is 1190 g/mol. The second-order valence-corrected chi connectivity index (χ2v) is 24.5. The molecule has 0 radical (unpaired) electrons. The first-order valence-electron chi connectivity index (χ1n) is 30.3. The molecule has 5 aromatic carbocycles. The molecule has 11 rings (SSSR count). The minimum Gasteiger partial charge on any atom is -0.467 e. The zero-order valence-corrected chi connectivity index (χ0v) is 50.6. The second-order valence-electron chi connectivity index (χ2n) is 22.8. The summed E-state index contributed by atoms with van der Waals surface area (Å²) in [6.07, 6.45) is 10.9. The molecule has 2 saturated heterocycles. The molecule has 3 aromatic heterocycles. The highest BCUT2D eigenvalue weighted by atomic mass is 32.2. The van der Waals surface area contributed by atoms with E-state index in [4.69, 9.17) is 29.2 Å². The Bertz CT molecular complexity index is 3690. The molecule has 0 bridgehead atoms. The summed E-state index contributed by atoms with van der Waals surface area (Å²) < 4.78 is 50.9. The van der Waals surface area contributed by atoms with Crippen LogP contribution < -0.4 is 25.2 Å². The van der Waals surface area contributed by atoms with Crippen molar-refractivity contribution in [2.45, 2.75) is 81.0 Å². The number of sulfonamides is 1. The predicted molar refractivity (Wildman–Crippen MR) is 341 cm³/mol. The maximum absolute atomic E-state index is 14.2. The van der Waals surface area contributed by atoms with Crippen molar-refractivity contribution in [3.8, 4) is 22.3 Å². The smallest absolute Gasteiger partial charge is 0.329 e. The minimum absolute atomic E-state index is 0.159. The molecule has 452 valence electrons. The number of anilines is 5. The maximum Gasteiger partial charge on any atom is 0.329 e. The van der Waals surface area contributed by atoms with Crippen molar-refractivity contribution < 1.29 is 32.5 Å². The van der Waals surface area contributed by atoms with Crippen LogP contribution in [0.4, 0.5) is 29.1 Å². The Morgan fingerprint density at radius 1 is 0.698 bits per heavy atom. The van der Waals surface area contributed by atoms with Gasteiger partial charge in [0.1, 0.15) is 17.5 Å². The number of carbonyl (C=O) groups excluding carboxylic acids is 1. The summed E-state index contributed by atoms with van der Waals surface area (Å²) in [6.45, 7) is 11.5. The number of aromatic nitrogens is 5. The Hall–Kier alpha value is -7.72. The molecule has 19 nitrogen and oxygen atoms in total. The fraction of sp³-hybridized carbons (Fsp3) is 0.409. The summed E-state index contributed by atoms with van der Waals surface area (Å²) in [4.78, 5) is 42.3. The van der Waals surface area contributed by atoms with E-state index in [1.165, 1.54) is 12.7 Å². The zero-order chi connectivity index (χ0) is 59.6. The quantitative estimate of drug-likeness (QED) is 0.0311. The van der Waals surface area contributed by atoms with Gasteiger partial charge < -0.3 is 44.3 Å². The lowest BCUT2D eigenvalue weighted by atomic mass is 9.91. The van der Waals surface area contributed by atoms with Crippen LogP contribution in [-0.2, 0) is 35.6 Å². The first-order chi connectivity index (χ1) is 41.9. The summed E-state index contributed by atoms with van der Waals surface area (Å²) >= 11 is 0. The monoisotopic (exact) mass is 1180 g/mol. The molecule has 20 heteroatoms. The Labute approximate surface area is 504 Å². The number of methoxy groups -OCH3 is 1. The molecule has 5 heterocycles. The normalized spacial score (nSPS) is 18.6. The number of carbonyl (C=O) groups is 1. The van der Waals surface area contributed by atoms with Crippen LogP contribution in [-0.4, -0.2) is 166 Å². The minimum atomic E-state index is -4.04. The summed E-state index contributed by atoms with van der Waals surface area (Å²) in [7, 11) is 1.23. The standard InChI is InChI=1S/C66H80N12O7S/c1-5-29-67-65-70-43-57-58(45-78(63(57)72-65)51-24-26-52(79)27-25-51)48-22-20-46(21-23-48)44-76-34-32-75(33-35-76)36-38-85-40-39-84-37-30-68-66-69-42-56(62(71-66)77-31-28-53(61(77)64(80)83-4)47-12-7-6-8-13-47)49-14-9-15-50(41-49)73-86(81,82)60-19-11-16-54-55(60)17-10-18-59(54)74(2)3/h6-23,41-43,45,51-53,61,73,79H,5,24-40,44H2,1-4H3,(H,67,70,72)(H,68,69,71). The van der Waals surface area contributed by atoms with E-state index in [0.717, 1.165) is 117 Å². The molecular weight excluding hydrogens is 1100 g/mol. The van der Waals surface area contributed by atoms with Crippen molar-refractivity contribution >= 4 is 66.9 Å². The van der Waals surface area contributed by atoms with Gasteiger partial charge in [-0.1, -0.05) is 97.9 Å². The van der Waals surface area contributed by atoms with E-state index >= 15 is 0 Å². The van der Waals surface area contributed by atoms with Gasteiger partial charge in [0.25, 0.3) is 10.0 Å². The maximum atomic E-state index is 14.2. The molecule has 1 aliphatic carbocycles. The van der Waals surface area contributed by atoms with Gasteiger partial charge in [0.2, 0.25) is 11.9 Å². The first kappa shape index (κ1) is 60.0. The van der Waals surface area contributed by atoms with Crippen LogP contribution >= 0.6 is 0 Å². The van der Waals surface area contributed by atoms with E-state index in [-0.39, 0.29) is 22.9 Å². The van der Waals surface area contributed by atoms with Gasteiger partial charge in [0.15, 0.2) is 0 Å². The topological polar surface area (TPSA) is 205 Å². The summed E-state index contributed by atoms with van der Waals surface area (Å²) in [6, 6.07) is 36.7. The number of hydrogen-bond acceptors (Lipinski definition) is 17. The molecule has 0 amide bonds. The Morgan fingerprint density at radius 2 is 1.41 bits per heavy atom. The van der Waals surface area contributed by atoms with Crippen LogP contribution in [0.1, 0.15) is 68.5 Å². The predicted octanol–water partition coefficient (Wildman–Crippen LogP) is 9.67. The Morgan fingerprint density at radius 3 is 2.17 bits per heavy atom. The Kier molecular flexibility index (Phi) is 19.4. The number of piperazine rings is 1. The van der Waals surface area contributed by atoms with Crippen LogP contribution in [0.2, 0.25) is 0 Å². The fourth-order valence-electron chi connectivity index (χ4n) is 12.4. The average Bonchev–Trinajstić information content (AvgIpc) is 2.25. The SMILES string of the molecule is CCCNc1ncc2c(-c3ccc(CN4CCN(CCOCCOCCNc5ncc(-c6cccc(NS(=O)(=O)c7cccc8c(N(C)C)cccc78)c6)c(N6CCC(c7ccccc7)C6C(=O)OC)n5)CC4)cc3)cn(C3CCC(O)CC3)c2n1. The van der Waals surface area contributed by atoms with Gasteiger partial charge in [0, 0.05) is 142 Å². The molecule has 1 saturated carbocycles. The third-order valence-corrected chi connectivity index (χ3v) is 18.4. The van der Waals surface area contributed by atoms with Gasteiger partial charge in [-0.2, -0.15) is 9.97 Å². The summed E-state index contributed by atoms with van der Waals surface area (Å²) in [5, 5.41) is 19.4. The van der Waals surface area contributed by atoms with Crippen molar-refractivity contribution in [2.75, 3.05) is 125 Å². The second kappa shape index (κ2) is 27.8. The molecule has 2 aliphatic heterocycles. The summed E-state index contributed by atoms with van der Waals surface area (Å²) in [5.74, 6) is 0.997. The van der Waals surface area contributed by atoms with E-state index in [1.54, 1.807) is 36.5 Å². The number of rotatable bonds is 25. The van der Waals surface area contributed by atoms with E-state index in [1.807, 2.05) is 90.8 Å². The number of hydrogen-bond donors (Lipinski definition) is 4. The van der Waals surface area contributed by atoms with Gasteiger partial charge in [-0.15, -0.1) is 0 Å². The lowest BCUT2D eigenvalue weighted by Crippen LogP contribution is -2.46. The molecule has 3 fully saturated rings. The molecule has 0 spiro atoms. The molecule has 3 aliphatic rings. The van der Waals surface area contributed by atoms with Gasteiger partial charge in [0.05, 0.1) is 44.5 Å². The van der Waals surface area contributed by atoms with Crippen molar-refractivity contribution in [2.24, 2.45) is 0 Å². The number of nitrogens with one attached hydrogen (secondary N) is 3. The third-order valence-electron chi connectivity index (χ3n) is 16.9. The lowest BCUT2D eigenvalue weighted by Gasteiger charge is -2.34. The highest BCUT2D eigenvalue weighted by molar-refractivity contribution is 7.93. The van der Waals surface area contributed by atoms with Gasteiger partial charge in [-0.25, -0.2) is 23.2 Å². The largest absolute Gasteiger partial charge is 0.467 e. The number of fused-ring (bicyclic) bond motifs is 2. The molecule has 8 aromatic rings. The number of nitrogens with zero attached hydrogens (tertiary/aromatic N) is 9. The Balaban J connectivity index is 0.663. The number of ether oxygens (including phenoxy) is 3. The zero-order valence-electron chi connectivity index (χ0n) is 49.8. The number of aliphatic hydroxyl groups is 1. The van der Waals surface area contributed by atoms with Gasteiger partial charge in [-0.05, 0) is 85.0 Å². The van der Waals surface area contributed by atoms with Crippen LogP contribution in [0.15, 0.2) is 139 Å². The number of aliphatic hydroxyl groups excluding tert-OH is 1. The highest BCUT2D eigenvalue weighted by Gasteiger charge is 2.43. The van der Waals surface area contributed by atoms with Crippen molar-refractivity contribution in [3.63, 3.8) is 0 Å². The first-order valence-corrected chi connectivity index (χ1v) is 31.7. The van der Waals surface area contributed by atoms with Crippen molar-refractivity contribution in [1.82, 2.24) is 34.3 Å². The lowest BCUT2D eigenvalue weighted by molar-refractivity contribution is -0.142. The molecular formula is C66H80N12O7S. The van der Waals surface area contributed by atoms with Crippen molar-refractivity contribution in [3.05, 3.63) is 145 Å². The van der Waals surface area contributed by atoms with E-state index in [2.05, 4.69) is 72.1 Å². The third kappa shape index (κ3) is 13.9. The molecule has 4 N–H and O–H groups in total.